The number of nitrogens with zero attached hydrogens (tertiary/aromatic N) is 2. The minimum Gasteiger partial charge on any atom is -0.493 e. The van der Waals surface area contributed by atoms with Gasteiger partial charge in [0.15, 0.2) is 23.1 Å². The lowest BCUT2D eigenvalue weighted by atomic mass is 9.91. The molecule has 0 saturated heterocycles. The lowest BCUT2D eigenvalue weighted by molar-refractivity contribution is -0.136. The van der Waals surface area contributed by atoms with Crippen LogP contribution in [-0.4, -0.2) is 55.0 Å². The number of halogens is 1. The predicted octanol–water partition coefficient (Wildman–Crippen LogP) is 5.25. The highest BCUT2D eigenvalue weighted by Gasteiger charge is 2.29. The van der Waals surface area contributed by atoms with Gasteiger partial charge in [0.2, 0.25) is 0 Å². The molecule has 10 heteroatoms. The Kier molecular flexibility index (Phi) is 8.53. The Hall–Kier alpha value is -4.70. The van der Waals surface area contributed by atoms with Crippen LogP contribution in [0.15, 0.2) is 66.9 Å². The van der Waals surface area contributed by atoms with Crippen LogP contribution < -0.4 is 24.8 Å². The molecule has 4 aromatic rings. The van der Waals surface area contributed by atoms with Gasteiger partial charge in [-0.3, -0.25) is 19.5 Å². The van der Waals surface area contributed by atoms with E-state index in [1.54, 1.807) is 24.4 Å². The lowest BCUT2D eigenvalue weighted by Crippen LogP contribution is -2.46. The van der Waals surface area contributed by atoms with Crippen molar-refractivity contribution in [2.75, 3.05) is 32.6 Å². The van der Waals surface area contributed by atoms with Crippen molar-refractivity contribution in [2.45, 2.75) is 32.4 Å². The monoisotopic (exact) mass is 572 g/mol. The first-order valence-electron chi connectivity index (χ1n) is 13.7. The average Bonchev–Trinajstić information content (AvgIpc) is 3.00. The normalized spacial score (nSPS) is 14.8. The molecule has 1 aliphatic rings. The van der Waals surface area contributed by atoms with Crippen LogP contribution in [-0.2, 0) is 16.0 Å². The first-order chi connectivity index (χ1) is 20.3. The number of methoxy groups -OCH3 is 2. The Bertz CT molecular complexity index is 1630. The van der Waals surface area contributed by atoms with Crippen LogP contribution in [0.1, 0.15) is 31.0 Å². The second kappa shape index (κ2) is 12.4. The Morgan fingerprint density at radius 3 is 2.48 bits per heavy atom. The molecule has 0 saturated carbocycles. The maximum absolute atomic E-state index is 15.1. The van der Waals surface area contributed by atoms with Crippen LogP contribution in [0.25, 0.3) is 10.9 Å². The van der Waals surface area contributed by atoms with Gasteiger partial charge < -0.3 is 24.8 Å². The summed E-state index contributed by atoms with van der Waals surface area (Å²) in [6.45, 7) is 5.37. The molecule has 0 spiro atoms. The van der Waals surface area contributed by atoms with E-state index in [0.717, 1.165) is 24.6 Å². The zero-order chi connectivity index (χ0) is 29.8. The van der Waals surface area contributed by atoms with Crippen molar-refractivity contribution in [3.8, 4) is 23.0 Å². The molecule has 0 radical (unpaired) electrons. The molecule has 1 atom stereocenters. The van der Waals surface area contributed by atoms with Gasteiger partial charge in [-0.2, -0.15) is 0 Å². The van der Waals surface area contributed by atoms with E-state index in [0.29, 0.717) is 28.2 Å². The first kappa shape index (κ1) is 28.8. The number of hydrogen-bond donors (Lipinski definition) is 2. The predicted molar refractivity (Wildman–Crippen MR) is 158 cm³/mol. The smallest absolute Gasteiger partial charge is 0.313 e. The van der Waals surface area contributed by atoms with E-state index in [1.807, 2.05) is 12.1 Å². The number of carbonyl (C=O) groups is 2. The van der Waals surface area contributed by atoms with Gasteiger partial charge in [0, 0.05) is 48.5 Å². The van der Waals surface area contributed by atoms with Gasteiger partial charge in [0.1, 0.15) is 5.75 Å². The Balaban J connectivity index is 1.25. The van der Waals surface area contributed by atoms with Crippen LogP contribution in [0.3, 0.4) is 0 Å². The zero-order valence-electron chi connectivity index (χ0n) is 23.9. The molecule has 0 unspecified atom stereocenters. The van der Waals surface area contributed by atoms with Crippen LogP contribution in [0.2, 0.25) is 0 Å². The SMILES string of the molecule is COc1cc2nccc(Oc3ccc(NC(=O)C(=O)NC[C@@H]4c5ccccc5CCN4C(C)C)cc3F)c2cc1OC. The summed E-state index contributed by atoms with van der Waals surface area (Å²) < 4.78 is 31.6. The molecule has 218 valence electrons. The van der Waals surface area contributed by atoms with E-state index in [-0.39, 0.29) is 30.1 Å². The minimum atomic E-state index is -0.885. The lowest BCUT2D eigenvalue weighted by Gasteiger charge is -2.40. The first-order valence-corrected chi connectivity index (χ1v) is 13.7. The Morgan fingerprint density at radius 2 is 1.74 bits per heavy atom. The molecule has 1 aliphatic heterocycles. The highest BCUT2D eigenvalue weighted by Crippen LogP contribution is 2.37. The van der Waals surface area contributed by atoms with Crippen molar-refractivity contribution in [3.63, 3.8) is 0 Å². The molecular formula is C32H33FN4O5. The molecular weight excluding hydrogens is 539 g/mol. The minimum absolute atomic E-state index is 0.0501. The van der Waals surface area contributed by atoms with Gasteiger partial charge in [-0.15, -0.1) is 0 Å². The maximum atomic E-state index is 15.1. The van der Waals surface area contributed by atoms with Crippen molar-refractivity contribution in [3.05, 3.63) is 83.8 Å². The van der Waals surface area contributed by atoms with Gasteiger partial charge in [0.25, 0.3) is 0 Å². The van der Waals surface area contributed by atoms with Crippen LogP contribution in [0, 0.1) is 5.82 Å². The molecule has 1 aromatic heterocycles. The number of fused-ring (bicyclic) bond motifs is 2. The third kappa shape index (κ3) is 5.99. The van der Waals surface area contributed by atoms with Crippen LogP contribution >= 0.6 is 0 Å². The molecule has 9 nitrogen and oxygen atoms in total. The fraction of sp³-hybridized carbons (Fsp3) is 0.281. The number of nitrogens with one attached hydrogen (secondary N) is 2. The summed E-state index contributed by atoms with van der Waals surface area (Å²) >= 11 is 0. The number of rotatable bonds is 8. The van der Waals surface area contributed by atoms with E-state index in [2.05, 4.69) is 46.5 Å². The van der Waals surface area contributed by atoms with E-state index >= 15 is 4.39 Å². The van der Waals surface area contributed by atoms with Crippen molar-refractivity contribution in [1.82, 2.24) is 15.2 Å². The Morgan fingerprint density at radius 1 is 0.976 bits per heavy atom. The molecule has 2 heterocycles. The van der Waals surface area contributed by atoms with Crippen molar-refractivity contribution < 1.29 is 28.2 Å². The second-order valence-electron chi connectivity index (χ2n) is 10.2. The number of carbonyl (C=O) groups excluding carboxylic acids is 2. The second-order valence-corrected chi connectivity index (χ2v) is 10.2. The number of pyridine rings is 1. The summed E-state index contributed by atoms with van der Waals surface area (Å²) in [5.74, 6) is -1.13. The largest absolute Gasteiger partial charge is 0.493 e. The highest BCUT2D eigenvalue weighted by atomic mass is 19.1. The fourth-order valence-electron chi connectivity index (χ4n) is 5.29. The van der Waals surface area contributed by atoms with Gasteiger partial charge in [0.05, 0.1) is 25.8 Å². The van der Waals surface area contributed by atoms with Gasteiger partial charge in [-0.05, 0) is 55.7 Å². The summed E-state index contributed by atoms with van der Waals surface area (Å²) in [6, 6.07) is 17.3. The number of hydrogen-bond acceptors (Lipinski definition) is 7. The molecule has 3 aromatic carbocycles. The van der Waals surface area contributed by atoms with Gasteiger partial charge >= 0.3 is 11.8 Å². The van der Waals surface area contributed by atoms with Gasteiger partial charge in [-0.25, -0.2) is 4.39 Å². The molecule has 0 bridgehead atoms. The Labute approximate surface area is 243 Å². The third-order valence-electron chi connectivity index (χ3n) is 7.40. The van der Waals surface area contributed by atoms with Crippen LogP contribution in [0.4, 0.5) is 10.1 Å². The molecule has 5 rings (SSSR count). The standard InChI is InChI=1S/C32H33FN4O5/c1-19(2)37-14-12-20-7-5-6-8-22(20)26(37)18-35-31(38)32(39)36-21-9-10-28(24(33)15-21)42-27-11-13-34-25-17-30(41-4)29(40-3)16-23(25)27/h5-11,13,15-17,19,26H,12,14,18H2,1-4H3,(H,35,38)(H,36,39)/t26-/m1/s1. The molecule has 0 fully saturated rings. The maximum Gasteiger partial charge on any atom is 0.313 e. The number of aromatic nitrogens is 1. The van der Waals surface area contributed by atoms with E-state index in [4.69, 9.17) is 14.2 Å². The molecule has 2 amide bonds. The molecule has 2 N–H and O–H groups in total. The number of amides is 2. The summed E-state index contributed by atoms with van der Waals surface area (Å²) in [5, 5.41) is 5.82. The number of benzene rings is 3. The summed E-state index contributed by atoms with van der Waals surface area (Å²) in [4.78, 5) is 32.0. The summed E-state index contributed by atoms with van der Waals surface area (Å²) in [6.07, 6.45) is 2.48. The zero-order valence-corrected chi connectivity index (χ0v) is 23.9. The number of ether oxygens (including phenoxy) is 3. The van der Waals surface area contributed by atoms with E-state index in [9.17, 15) is 9.59 Å². The average molecular weight is 573 g/mol. The quantitative estimate of drug-likeness (QED) is 0.278. The van der Waals surface area contributed by atoms with E-state index < -0.39 is 17.6 Å². The highest BCUT2D eigenvalue weighted by molar-refractivity contribution is 6.39. The fourth-order valence-corrected chi connectivity index (χ4v) is 5.29. The van der Waals surface area contributed by atoms with E-state index in [1.165, 1.54) is 31.9 Å². The topological polar surface area (TPSA) is 102 Å². The molecule has 42 heavy (non-hydrogen) atoms. The van der Waals surface area contributed by atoms with Gasteiger partial charge in [-0.1, -0.05) is 24.3 Å². The van der Waals surface area contributed by atoms with Crippen molar-refractivity contribution >= 4 is 28.4 Å². The third-order valence-corrected chi connectivity index (χ3v) is 7.40. The van der Waals surface area contributed by atoms with Crippen molar-refractivity contribution in [2.24, 2.45) is 0 Å². The summed E-state index contributed by atoms with van der Waals surface area (Å²) in [5.41, 5.74) is 3.09. The molecule has 0 aliphatic carbocycles. The van der Waals surface area contributed by atoms with Crippen molar-refractivity contribution in [1.29, 1.82) is 0 Å². The number of anilines is 1. The summed E-state index contributed by atoms with van der Waals surface area (Å²) in [7, 11) is 3.04. The van der Waals surface area contributed by atoms with Crippen LogP contribution in [0.5, 0.6) is 23.0 Å².